The summed E-state index contributed by atoms with van der Waals surface area (Å²) in [5.41, 5.74) is 5.30. The first-order valence-electron chi connectivity index (χ1n) is 7.38. The third kappa shape index (κ3) is 2.94. The lowest BCUT2D eigenvalue weighted by molar-refractivity contribution is -0.122. The molecule has 0 spiro atoms. The number of benzene rings is 2. The molecule has 1 aliphatic heterocycles. The van der Waals surface area contributed by atoms with Gasteiger partial charge in [0.1, 0.15) is 0 Å². The summed E-state index contributed by atoms with van der Waals surface area (Å²) in [5.74, 6) is -0.618. The Bertz CT molecular complexity index is 854. The number of amides is 1. The molecular formula is C16H17ClN2O3S. The molecule has 1 heterocycles. The quantitative estimate of drug-likeness (QED) is 0.920. The third-order valence-electron chi connectivity index (χ3n) is 4.29. The van der Waals surface area contributed by atoms with Gasteiger partial charge >= 0.3 is 0 Å². The minimum absolute atomic E-state index is 0.207. The summed E-state index contributed by atoms with van der Waals surface area (Å²) in [6.45, 7) is 0.577. The molecule has 0 radical (unpaired) electrons. The predicted octanol–water partition coefficient (Wildman–Crippen LogP) is 2.38. The monoisotopic (exact) mass is 352 g/mol. The van der Waals surface area contributed by atoms with Gasteiger partial charge in [0.05, 0.1) is 4.90 Å². The van der Waals surface area contributed by atoms with Crippen molar-refractivity contribution in [1.82, 2.24) is 4.31 Å². The summed E-state index contributed by atoms with van der Waals surface area (Å²) < 4.78 is 27.4. The van der Waals surface area contributed by atoms with Crippen LogP contribution in [0.4, 0.5) is 0 Å². The number of primary amides is 1. The summed E-state index contributed by atoms with van der Waals surface area (Å²) in [5, 5.41) is 1.73. The van der Waals surface area contributed by atoms with E-state index in [-0.39, 0.29) is 29.8 Å². The minimum atomic E-state index is -3.66. The molecule has 0 aliphatic carbocycles. The van der Waals surface area contributed by atoms with Crippen LogP contribution in [0.1, 0.15) is 12.8 Å². The van der Waals surface area contributed by atoms with Gasteiger partial charge in [0.15, 0.2) is 0 Å². The first-order chi connectivity index (χ1) is 10.9. The van der Waals surface area contributed by atoms with Gasteiger partial charge in [-0.2, -0.15) is 4.31 Å². The van der Waals surface area contributed by atoms with Gasteiger partial charge in [-0.05, 0) is 30.4 Å². The molecule has 3 rings (SSSR count). The van der Waals surface area contributed by atoms with Crippen LogP contribution >= 0.6 is 11.6 Å². The van der Waals surface area contributed by atoms with Crippen LogP contribution in [0.25, 0.3) is 10.8 Å². The summed E-state index contributed by atoms with van der Waals surface area (Å²) in [6, 6.07) is 10.4. The molecule has 1 fully saturated rings. The van der Waals surface area contributed by atoms with Crippen molar-refractivity contribution < 1.29 is 13.2 Å². The molecule has 7 heteroatoms. The molecule has 2 aromatic carbocycles. The van der Waals surface area contributed by atoms with Crippen LogP contribution in [0.3, 0.4) is 0 Å². The van der Waals surface area contributed by atoms with Crippen LogP contribution in [0.5, 0.6) is 0 Å². The van der Waals surface area contributed by atoms with Crippen molar-refractivity contribution in [2.45, 2.75) is 17.7 Å². The summed E-state index contributed by atoms with van der Waals surface area (Å²) in [6.07, 6.45) is 0.903. The number of sulfonamides is 1. The zero-order valence-electron chi connectivity index (χ0n) is 12.4. The molecule has 0 unspecified atom stereocenters. The summed E-state index contributed by atoms with van der Waals surface area (Å²) in [7, 11) is -3.66. The molecule has 2 aromatic rings. The van der Waals surface area contributed by atoms with E-state index in [1.807, 2.05) is 12.1 Å². The number of fused-ring (bicyclic) bond motifs is 1. The largest absolute Gasteiger partial charge is 0.369 e. The van der Waals surface area contributed by atoms with Gasteiger partial charge in [0.2, 0.25) is 15.9 Å². The van der Waals surface area contributed by atoms with E-state index in [0.29, 0.717) is 23.3 Å². The maximum atomic E-state index is 13.0. The Morgan fingerprint density at radius 2 is 1.74 bits per heavy atom. The fourth-order valence-corrected chi connectivity index (χ4v) is 5.04. The highest BCUT2D eigenvalue weighted by molar-refractivity contribution is 7.89. The van der Waals surface area contributed by atoms with Gasteiger partial charge in [-0.15, -0.1) is 0 Å². The fourth-order valence-electron chi connectivity index (χ4n) is 3.00. The highest BCUT2D eigenvalue weighted by Crippen LogP contribution is 2.32. The summed E-state index contributed by atoms with van der Waals surface area (Å²) in [4.78, 5) is 11.4. The molecule has 1 amide bonds. The Hall–Kier alpha value is -1.63. The van der Waals surface area contributed by atoms with Gasteiger partial charge in [-0.1, -0.05) is 35.9 Å². The zero-order valence-corrected chi connectivity index (χ0v) is 14.0. The molecule has 5 nitrogen and oxygen atoms in total. The minimum Gasteiger partial charge on any atom is -0.369 e. The topological polar surface area (TPSA) is 80.5 Å². The van der Waals surface area contributed by atoms with Crippen molar-refractivity contribution in [2.75, 3.05) is 13.1 Å². The number of hydrogen-bond acceptors (Lipinski definition) is 3. The number of piperidine rings is 1. The van der Waals surface area contributed by atoms with E-state index in [0.717, 1.165) is 5.39 Å². The molecule has 122 valence electrons. The van der Waals surface area contributed by atoms with Gasteiger partial charge < -0.3 is 5.73 Å². The Morgan fingerprint density at radius 1 is 1.13 bits per heavy atom. The van der Waals surface area contributed by atoms with Crippen LogP contribution in [-0.2, 0) is 14.8 Å². The highest BCUT2D eigenvalue weighted by Gasteiger charge is 2.32. The number of rotatable bonds is 3. The van der Waals surface area contributed by atoms with Crippen molar-refractivity contribution in [2.24, 2.45) is 11.7 Å². The smallest absolute Gasteiger partial charge is 0.243 e. The van der Waals surface area contributed by atoms with Crippen LogP contribution < -0.4 is 5.73 Å². The lowest BCUT2D eigenvalue weighted by Crippen LogP contribution is -2.41. The van der Waals surface area contributed by atoms with Crippen molar-refractivity contribution >= 4 is 38.3 Å². The third-order valence-corrected chi connectivity index (χ3v) is 6.55. The standard InChI is InChI=1S/C16H17ClN2O3S/c17-13-5-1-3-11-4-2-6-14(15(11)13)23(21,22)19-9-7-12(8-10-19)16(18)20/h1-6,12H,7-10H2,(H2,18,20). The molecule has 0 atom stereocenters. The van der Waals surface area contributed by atoms with Crippen LogP contribution in [0, 0.1) is 5.92 Å². The number of carbonyl (C=O) groups is 1. The highest BCUT2D eigenvalue weighted by atomic mass is 35.5. The number of nitrogens with zero attached hydrogens (tertiary/aromatic N) is 1. The van der Waals surface area contributed by atoms with E-state index < -0.39 is 10.0 Å². The van der Waals surface area contributed by atoms with Gasteiger partial charge in [-0.25, -0.2) is 8.42 Å². The first-order valence-corrected chi connectivity index (χ1v) is 9.20. The van der Waals surface area contributed by atoms with E-state index >= 15 is 0 Å². The lowest BCUT2D eigenvalue weighted by atomic mass is 9.98. The van der Waals surface area contributed by atoms with E-state index in [1.54, 1.807) is 24.3 Å². The number of carbonyl (C=O) groups excluding carboxylic acids is 1. The average molecular weight is 353 g/mol. The van der Waals surface area contributed by atoms with Crippen LogP contribution in [0.2, 0.25) is 5.02 Å². The number of hydrogen-bond donors (Lipinski definition) is 1. The molecule has 1 aliphatic rings. The van der Waals surface area contributed by atoms with Crippen molar-refractivity contribution in [3.05, 3.63) is 41.4 Å². The lowest BCUT2D eigenvalue weighted by Gasteiger charge is -2.30. The van der Waals surface area contributed by atoms with Gasteiger partial charge in [0, 0.05) is 29.4 Å². The molecule has 0 aromatic heterocycles. The van der Waals surface area contributed by atoms with E-state index in [1.165, 1.54) is 4.31 Å². The second-order valence-corrected chi connectivity index (χ2v) is 7.99. The van der Waals surface area contributed by atoms with E-state index in [2.05, 4.69) is 0 Å². The first kappa shape index (κ1) is 16.2. The van der Waals surface area contributed by atoms with Gasteiger partial charge in [0.25, 0.3) is 0 Å². The van der Waals surface area contributed by atoms with Crippen molar-refractivity contribution in [3.8, 4) is 0 Å². The Morgan fingerprint density at radius 3 is 2.35 bits per heavy atom. The molecule has 23 heavy (non-hydrogen) atoms. The molecule has 2 N–H and O–H groups in total. The number of nitrogens with two attached hydrogens (primary N) is 1. The Kier molecular flexibility index (Phi) is 4.31. The molecule has 0 bridgehead atoms. The Balaban J connectivity index is 2.00. The van der Waals surface area contributed by atoms with E-state index in [4.69, 9.17) is 17.3 Å². The van der Waals surface area contributed by atoms with Crippen molar-refractivity contribution in [1.29, 1.82) is 0 Å². The molecule has 0 saturated carbocycles. The zero-order chi connectivity index (χ0) is 16.6. The average Bonchev–Trinajstić information content (AvgIpc) is 2.54. The maximum Gasteiger partial charge on any atom is 0.243 e. The van der Waals surface area contributed by atoms with E-state index in [9.17, 15) is 13.2 Å². The predicted molar refractivity (Wildman–Crippen MR) is 89.6 cm³/mol. The normalized spacial score (nSPS) is 17.4. The molecular weight excluding hydrogens is 336 g/mol. The maximum absolute atomic E-state index is 13.0. The SMILES string of the molecule is NC(=O)C1CCN(S(=O)(=O)c2cccc3cccc(Cl)c23)CC1. The van der Waals surface area contributed by atoms with Gasteiger partial charge in [-0.3, -0.25) is 4.79 Å². The van der Waals surface area contributed by atoms with Crippen LogP contribution in [0.15, 0.2) is 41.3 Å². The second kappa shape index (κ2) is 6.11. The second-order valence-electron chi connectivity index (χ2n) is 5.67. The van der Waals surface area contributed by atoms with Crippen LogP contribution in [-0.4, -0.2) is 31.7 Å². The molecule has 1 saturated heterocycles. The Labute approximate surface area is 140 Å². The number of halogens is 1. The summed E-state index contributed by atoms with van der Waals surface area (Å²) >= 11 is 6.23. The van der Waals surface area contributed by atoms with Crippen molar-refractivity contribution in [3.63, 3.8) is 0 Å². The fraction of sp³-hybridized carbons (Fsp3) is 0.312.